The van der Waals surface area contributed by atoms with E-state index in [0.717, 1.165) is 28.7 Å². The lowest BCUT2D eigenvalue weighted by atomic mass is 9.94. The van der Waals surface area contributed by atoms with Gasteiger partial charge in [0, 0.05) is 6.54 Å². The molecule has 1 saturated heterocycles. The first-order valence-electron chi connectivity index (χ1n) is 9.53. The van der Waals surface area contributed by atoms with Crippen molar-refractivity contribution >= 4 is 5.97 Å². The minimum Gasteiger partial charge on any atom is -0.480 e. The molecule has 2 unspecified atom stereocenters. The highest BCUT2D eigenvalue weighted by Crippen LogP contribution is 2.35. The summed E-state index contributed by atoms with van der Waals surface area (Å²) in [5.74, 6) is -1.09. The molecule has 0 radical (unpaired) electrons. The van der Waals surface area contributed by atoms with Crippen LogP contribution in [0.1, 0.15) is 30.0 Å². The Balaban J connectivity index is 1.73. The molecule has 1 heterocycles. The van der Waals surface area contributed by atoms with Crippen LogP contribution in [0.15, 0.2) is 78.9 Å². The van der Waals surface area contributed by atoms with E-state index >= 15 is 0 Å². The Hall–Kier alpha value is -2.98. The third-order valence-electron chi connectivity index (χ3n) is 5.43. The molecular formula is C24H22FNO2. The molecule has 1 aliphatic heterocycles. The molecule has 1 N–H and O–H groups in total. The summed E-state index contributed by atoms with van der Waals surface area (Å²) in [6.45, 7) is 0.708. The second kappa shape index (κ2) is 7.95. The molecule has 1 aliphatic rings. The summed E-state index contributed by atoms with van der Waals surface area (Å²) < 4.78 is 13.5. The maximum atomic E-state index is 13.5. The molecule has 0 bridgehead atoms. The zero-order valence-electron chi connectivity index (χ0n) is 15.5. The maximum absolute atomic E-state index is 13.5. The van der Waals surface area contributed by atoms with E-state index in [-0.39, 0.29) is 11.9 Å². The number of likely N-dealkylation sites (tertiary alicyclic amines) is 1. The zero-order valence-corrected chi connectivity index (χ0v) is 15.5. The van der Waals surface area contributed by atoms with Gasteiger partial charge in [-0.05, 0) is 47.2 Å². The Morgan fingerprint density at radius 3 is 2.07 bits per heavy atom. The van der Waals surface area contributed by atoms with Crippen molar-refractivity contribution < 1.29 is 14.3 Å². The highest BCUT2D eigenvalue weighted by Gasteiger charge is 2.36. The van der Waals surface area contributed by atoms with E-state index in [0.29, 0.717) is 13.0 Å². The first kappa shape index (κ1) is 18.4. The number of halogens is 1. The van der Waals surface area contributed by atoms with Crippen molar-refractivity contribution in [1.82, 2.24) is 4.90 Å². The number of hydrogen-bond acceptors (Lipinski definition) is 2. The highest BCUT2D eigenvalue weighted by atomic mass is 19.1. The van der Waals surface area contributed by atoms with Gasteiger partial charge in [0.1, 0.15) is 11.9 Å². The highest BCUT2D eigenvalue weighted by molar-refractivity contribution is 5.74. The normalized spacial score (nSPS) is 18.1. The number of carbonyl (C=O) groups is 1. The Morgan fingerprint density at radius 1 is 0.893 bits per heavy atom. The zero-order chi connectivity index (χ0) is 19.5. The van der Waals surface area contributed by atoms with E-state index in [1.807, 2.05) is 35.2 Å². The number of nitrogens with zero attached hydrogens (tertiary/aromatic N) is 1. The summed E-state index contributed by atoms with van der Waals surface area (Å²) in [6.07, 6.45) is 1.48. The number of benzene rings is 3. The molecule has 3 aromatic carbocycles. The lowest BCUT2D eigenvalue weighted by Crippen LogP contribution is -2.39. The summed E-state index contributed by atoms with van der Waals surface area (Å²) in [5, 5.41) is 9.66. The van der Waals surface area contributed by atoms with Crippen molar-refractivity contribution in [3.8, 4) is 11.1 Å². The van der Waals surface area contributed by atoms with E-state index in [4.69, 9.17) is 0 Å². The van der Waals surface area contributed by atoms with Crippen LogP contribution in [0, 0.1) is 5.82 Å². The van der Waals surface area contributed by atoms with Crippen LogP contribution in [-0.4, -0.2) is 28.6 Å². The van der Waals surface area contributed by atoms with Crippen LogP contribution in [0.2, 0.25) is 0 Å². The van der Waals surface area contributed by atoms with Crippen molar-refractivity contribution in [2.24, 2.45) is 0 Å². The van der Waals surface area contributed by atoms with Crippen LogP contribution in [-0.2, 0) is 4.79 Å². The lowest BCUT2D eigenvalue weighted by molar-refractivity contribution is -0.142. The van der Waals surface area contributed by atoms with Crippen LogP contribution in [0.3, 0.4) is 0 Å². The molecule has 142 valence electrons. The maximum Gasteiger partial charge on any atom is 0.320 e. The molecule has 3 aromatic rings. The summed E-state index contributed by atoms with van der Waals surface area (Å²) in [7, 11) is 0. The first-order valence-corrected chi connectivity index (χ1v) is 9.53. The fourth-order valence-corrected chi connectivity index (χ4v) is 4.07. The fourth-order valence-electron chi connectivity index (χ4n) is 4.07. The van der Waals surface area contributed by atoms with Gasteiger partial charge in [-0.3, -0.25) is 9.69 Å². The minimum atomic E-state index is -0.800. The third kappa shape index (κ3) is 3.69. The van der Waals surface area contributed by atoms with E-state index in [2.05, 4.69) is 24.3 Å². The molecule has 0 aliphatic carbocycles. The lowest BCUT2D eigenvalue weighted by Gasteiger charge is -2.32. The largest absolute Gasteiger partial charge is 0.480 e. The Bertz CT molecular complexity index is 939. The van der Waals surface area contributed by atoms with Crippen molar-refractivity contribution in [3.63, 3.8) is 0 Å². The molecule has 4 heteroatoms. The smallest absolute Gasteiger partial charge is 0.320 e. The molecule has 0 spiro atoms. The standard InChI is InChI=1S/C24H22FNO2/c25-21-14-12-20(13-15-21)23(26-16-4-7-22(26)24(27)28)19-10-8-18(9-11-19)17-5-2-1-3-6-17/h1-3,5-6,8-15,22-23H,4,7,16H2,(H,27,28). The van der Waals surface area contributed by atoms with E-state index < -0.39 is 12.0 Å². The number of carboxylic acid groups (broad SMARTS) is 1. The van der Waals surface area contributed by atoms with Gasteiger partial charge in [0.15, 0.2) is 0 Å². The summed E-state index contributed by atoms with van der Waals surface area (Å²) in [4.78, 5) is 13.8. The van der Waals surface area contributed by atoms with Gasteiger partial charge in [0.2, 0.25) is 0 Å². The van der Waals surface area contributed by atoms with Gasteiger partial charge in [0.05, 0.1) is 6.04 Å². The molecule has 28 heavy (non-hydrogen) atoms. The number of carboxylic acids is 1. The molecule has 2 atom stereocenters. The number of aliphatic carboxylic acids is 1. The quantitative estimate of drug-likeness (QED) is 0.672. The van der Waals surface area contributed by atoms with Gasteiger partial charge >= 0.3 is 5.97 Å². The van der Waals surface area contributed by atoms with Crippen LogP contribution in [0.25, 0.3) is 11.1 Å². The predicted molar refractivity (Wildman–Crippen MR) is 107 cm³/mol. The average molecular weight is 375 g/mol. The first-order chi connectivity index (χ1) is 13.6. The minimum absolute atomic E-state index is 0.214. The summed E-state index contributed by atoms with van der Waals surface area (Å²) in [5.41, 5.74) is 4.16. The van der Waals surface area contributed by atoms with Gasteiger partial charge in [-0.15, -0.1) is 0 Å². The summed E-state index contributed by atoms with van der Waals surface area (Å²) in [6, 6.07) is 24.0. The number of hydrogen-bond donors (Lipinski definition) is 1. The van der Waals surface area contributed by atoms with E-state index in [1.54, 1.807) is 12.1 Å². The van der Waals surface area contributed by atoms with Gasteiger partial charge < -0.3 is 5.11 Å². The topological polar surface area (TPSA) is 40.5 Å². The van der Waals surface area contributed by atoms with Gasteiger partial charge in [0.25, 0.3) is 0 Å². The second-order valence-corrected chi connectivity index (χ2v) is 7.18. The Labute approximate surface area is 164 Å². The van der Waals surface area contributed by atoms with E-state index in [1.165, 1.54) is 12.1 Å². The van der Waals surface area contributed by atoms with Crippen LogP contribution >= 0.6 is 0 Å². The third-order valence-corrected chi connectivity index (χ3v) is 5.43. The van der Waals surface area contributed by atoms with Gasteiger partial charge in [-0.25, -0.2) is 4.39 Å². The number of rotatable bonds is 5. The van der Waals surface area contributed by atoms with Crippen LogP contribution in [0.5, 0.6) is 0 Å². The molecule has 3 nitrogen and oxygen atoms in total. The fraction of sp³-hybridized carbons (Fsp3) is 0.208. The molecule has 1 fully saturated rings. The Morgan fingerprint density at radius 2 is 1.46 bits per heavy atom. The van der Waals surface area contributed by atoms with Gasteiger partial charge in [-0.2, -0.15) is 0 Å². The average Bonchev–Trinajstić information content (AvgIpc) is 3.21. The van der Waals surface area contributed by atoms with Gasteiger partial charge in [-0.1, -0.05) is 66.7 Å². The second-order valence-electron chi connectivity index (χ2n) is 7.18. The molecular weight excluding hydrogens is 353 g/mol. The SMILES string of the molecule is O=C(O)C1CCCN1C(c1ccc(F)cc1)c1ccc(-c2ccccc2)cc1. The van der Waals surface area contributed by atoms with Crippen LogP contribution in [0.4, 0.5) is 4.39 Å². The molecule has 4 rings (SSSR count). The van der Waals surface area contributed by atoms with Crippen molar-refractivity contribution in [1.29, 1.82) is 0 Å². The Kier molecular flexibility index (Phi) is 5.22. The van der Waals surface area contributed by atoms with Crippen LogP contribution < -0.4 is 0 Å². The van der Waals surface area contributed by atoms with E-state index in [9.17, 15) is 14.3 Å². The van der Waals surface area contributed by atoms with Crippen molar-refractivity contribution in [3.05, 3.63) is 95.8 Å². The van der Waals surface area contributed by atoms with Crippen molar-refractivity contribution in [2.45, 2.75) is 24.9 Å². The summed E-state index contributed by atoms with van der Waals surface area (Å²) >= 11 is 0. The molecule has 0 amide bonds. The molecule has 0 saturated carbocycles. The van der Waals surface area contributed by atoms with Crippen molar-refractivity contribution in [2.75, 3.05) is 6.54 Å². The predicted octanol–water partition coefficient (Wildman–Crippen LogP) is 5.13. The monoisotopic (exact) mass is 375 g/mol. The molecule has 0 aromatic heterocycles.